The van der Waals surface area contributed by atoms with Crippen LogP contribution in [0, 0.1) is 11.3 Å². The number of hydrogen-bond donors (Lipinski definition) is 0. The molecule has 0 aliphatic heterocycles. The van der Waals surface area contributed by atoms with E-state index in [1.807, 2.05) is 30.3 Å². The lowest BCUT2D eigenvalue weighted by Gasteiger charge is -2.16. The minimum absolute atomic E-state index is 0.204. The van der Waals surface area contributed by atoms with Gasteiger partial charge in [0, 0.05) is 18.1 Å². The molecule has 0 saturated heterocycles. The fourth-order valence-electron chi connectivity index (χ4n) is 1.75. The maximum absolute atomic E-state index is 12.2. The molecule has 100 valence electrons. The van der Waals surface area contributed by atoms with Crippen LogP contribution in [0.1, 0.15) is 21.7 Å². The van der Waals surface area contributed by atoms with E-state index in [1.54, 1.807) is 30.1 Å². The molecule has 4 nitrogen and oxygen atoms in total. The Hall–Kier alpha value is -2.19. The lowest BCUT2D eigenvalue weighted by Crippen LogP contribution is -2.27. The third kappa shape index (κ3) is 3.43. The van der Waals surface area contributed by atoms with Gasteiger partial charge in [-0.05, 0) is 29.8 Å². The van der Waals surface area contributed by atoms with Gasteiger partial charge in [0.2, 0.25) is 0 Å². The van der Waals surface area contributed by atoms with Crippen LogP contribution in [0.5, 0.6) is 0 Å². The number of halogens is 1. The van der Waals surface area contributed by atoms with Crippen LogP contribution in [0.15, 0.2) is 46.9 Å². The molecule has 20 heavy (non-hydrogen) atoms. The molecule has 0 spiro atoms. The summed E-state index contributed by atoms with van der Waals surface area (Å²) in [5, 5.41) is 8.80. The average molecular weight is 330 g/mol. The molecule has 0 bridgehead atoms. The van der Waals surface area contributed by atoms with E-state index in [-0.39, 0.29) is 17.3 Å². The highest BCUT2D eigenvalue weighted by molar-refractivity contribution is 9.10. The van der Waals surface area contributed by atoms with Crippen LogP contribution in [0.25, 0.3) is 0 Å². The van der Waals surface area contributed by atoms with Crippen molar-refractivity contribution in [3.05, 3.63) is 63.9 Å². The molecule has 0 unspecified atom stereocenters. The Kier molecular flexibility index (Phi) is 4.49. The van der Waals surface area contributed by atoms with Crippen molar-refractivity contribution in [1.82, 2.24) is 9.88 Å². The van der Waals surface area contributed by atoms with Crippen LogP contribution in [0.3, 0.4) is 0 Å². The van der Waals surface area contributed by atoms with Crippen LogP contribution >= 0.6 is 15.9 Å². The highest BCUT2D eigenvalue weighted by Gasteiger charge is 2.13. The zero-order chi connectivity index (χ0) is 14.5. The van der Waals surface area contributed by atoms with Gasteiger partial charge in [0.1, 0.15) is 17.5 Å². The van der Waals surface area contributed by atoms with Crippen molar-refractivity contribution in [1.29, 1.82) is 5.26 Å². The standard InChI is InChI=1S/C15H12BrN3O/c1-19(10-11-5-7-12(16)8-6-11)15(20)14-4-2-3-13(9-17)18-14/h2-8H,10H2,1H3. The minimum Gasteiger partial charge on any atom is -0.336 e. The van der Waals surface area contributed by atoms with E-state index in [1.165, 1.54) is 0 Å². The van der Waals surface area contributed by atoms with E-state index >= 15 is 0 Å². The van der Waals surface area contributed by atoms with E-state index < -0.39 is 0 Å². The summed E-state index contributed by atoms with van der Waals surface area (Å²) in [6.07, 6.45) is 0. The smallest absolute Gasteiger partial charge is 0.272 e. The van der Waals surface area contributed by atoms with Crippen molar-refractivity contribution in [3.63, 3.8) is 0 Å². The van der Waals surface area contributed by atoms with Gasteiger partial charge in [-0.2, -0.15) is 5.26 Å². The fraction of sp³-hybridized carbons (Fsp3) is 0.133. The van der Waals surface area contributed by atoms with Gasteiger partial charge < -0.3 is 4.90 Å². The van der Waals surface area contributed by atoms with Gasteiger partial charge in [-0.15, -0.1) is 0 Å². The molecule has 1 aromatic carbocycles. The molecule has 0 N–H and O–H groups in total. The molecule has 5 heteroatoms. The van der Waals surface area contributed by atoms with E-state index in [0.29, 0.717) is 6.54 Å². The number of hydrogen-bond acceptors (Lipinski definition) is 3. The third-order valence-corrected chi connectivity index (χ3v) is 3.29. The van der Waals surface area contributed by atoms with Crippen molar-refractivity contribution >= 4 is 21.8 Å². The molecule has 0 aliphatic carbocycles. The second kappa shape index (κ2) is 6.31. The predicted molar refractivity (Wildman–Crippen MR) is 78.9 cm³/mol. The van der Waals surface area contributed by atoms with Crippen LogP contribution in [-0.2, 0) is 6.54 Å². The van der Waals surface area contributed by atoms with Gasteiger partial charge in [0.15, 0.2) is 0 Å². The van der Waals surface area contributed by atoms with Gasteiger partial charge >= 0.3 is 0 Å². The largest absolute Gasteiger partial charge is 0.336 e. The minimum atomic E-state index is -0.204. The van der Waals surface area contributed by atoms with Gasteiger partial charge in [-0.3, -0.25) is 4.79 Å². The summed E-state index contributed by atoms with van der Waals surface area (Å²) in [4.78, 5) is 17.8. The summed E-state index contributed by atoms with van der Waals surface area (Å²) in [5.74, 6) is -0.204. The SMILES string of the molecule is CN(Cc1ccc(Br)cc1)C(=O)c1cccc(C#N)n1. The highest BCUT2D eigenvalue weighted by Crippen LogP contribution is 2.12. The fourth-order valence-corrected chi connectivity index (χ4v) is 2.01. The number of nitriles is 1. The molecule has 0 aliphatic rings. The molecular weight excluding hydrogens is 318 g/mol. The number of aromatic nitrogens is 1. The van der Waals surface area contributed by atoms with Crippen molar-refractivity contribution in [2.24, 2.45) is 0 Å². The van der Waals surface area contributed by atoms with Gasteiger partial charge in [0.05, 0.1) is 0 Å². The zero-order valence-electron chi connectivity index (χ0n) is 10.9. The molecular formula is C15H12BrN3O. The molecule has 0 atom stereocenters. The second-order valence-electron chi connectivity index (χ2n) is 4.31. The second-order valence-corrected chi connectivity index (χ2v) is 5.22. The number of benzene rings is 1. The van der Waals surface area contributed by atoms with Crippen LogP contribution in [0.4, 0.5) is 0 Å². The number of nitrogens with zero attached hydrogens (tertiary/aromatic N) is 3. The highest BCUT2D eigenvalue weighted by atomic mass is 79.9. The summed E-state index contributed by atoms with van der Waals surface area (Å²) < 4.78 is 0.999. The Morgan fingerprint density at radius 3 is 2.65 bits per heavy atom. The van der Waals surface area contributed by atoms with E-state index in [4.69, 9.17) is 5.26 Å². The van der Waals surface area contributed by atoms with E-state index in [2.05, 4.69) is 20.9 Å². The van der Waals surface area contributed by atoms with Gasteiger partial charge in [-0.1, -0.05) is 34.1 Å². The Morgan fingerprint density at radius 1 is 1.30 bits per heavy atom. The van der Waals surface area contributed by atoms with E-state index in [9.17, 15) is 4.79 Å². The molecule has 2 aromatic rings. The van der Waals surface area contributed by atoms with Crippen molar-refractivity contribution < 1.29 is 4.79 Å². The van der Waals surface area contributed by atoms with Crippen LogP contribution in [-0.4, -0.2) is 22.8 Å². The first-order valence-electron chi connectivity index (χ1n) is 5.97. The first kappa shape index (κ1) is 14.2. The quantitative estimate of drug-likeness (QED) is 0.869. The Bertz CT molecular complexity index is 662. The number of pyridine rings is 1. The Labute approximate surface area is 125 Å². The zero-order valence-corrected chi connectivity index (χ0v) is 12.5. The predicted octanol–water partition coefficient (Wildman–Crippen LogP) is 2.99. The van der Waals surface area contributed by atoms with Crippen LogP contribution < -0.4 is 0 Å². The molecule has 1 amide bonds. The maximum atomic E-state index is 12.2. The Morgan fingerprint density at radius 2 is 2.00 bits per heavy atom. The average Bonchev–Trinajstić information content (AvgIpc) is 2.48. The molecule has 0 radical (unpaired) electrons. The number of carbonyl (C=O) groups excluding carboxylic acids is 1. The normalized spacial score (nSPS) is 9.85. The van der Waals surface area contributed by atoms with Gasteiger partial charge in [0.25, 0.3) is 5.91 Å². The first-order valence-corrected chi connectivity index (χ1v) is 6.76. The Balaban J connectivity index is 2.12. The molecule has 0 fully saturated rings. The van der Waals surface area contributed by atoms with Crippen molar-refractivity contribution in [2.75, 3.05) is 7.05 Å². The molecule has 1 heterocycles. The third-order valence-electron chi connectivity index (χ3n) is 2.76. The number of rotatable bonds is 3. The summed E-state index contributed by atoms with van der Waals surface area (Å²) in [6, 6.07) is 14.5. The molecule has 1 aromatic heterocycles. The lowest BCUT2D eigenvalue weighted by atomic mass is 10.2. The summed E-state index contributed by atoms with van der Waals surface area (Å²) >= 11 is 3.37. The monoisotopic (exact) mass is 329 g/mol. The molecule has 0 saturated carbocycles. The topological polar surface area (TPSA) is 57.0 Å². The lowest BCUT2D eigenvalue weighted by molar-refractivity contribution is 0.0779. The number of amides is 1. The van der Waals surface area contributed by atoms with Gasteiger partial charge in [-0.25, -0.2) is 4.98 Å². The summed E-state index contributed by atoms with van der Waals surface area (Å²) in [5.41, 5.74) is 1.55. The molecule has 2 rings (SSSR count). The maximum Gasteiger partial charge on any atom is 0.272 e. The van der Waals surface area contributed by atoms with Crippen molar-refractivity contribution in [2.45, 2.75) is 6.54 Å². The van der Waals surface area contributed by atoms with E-state index in [0.717, 1.165) is 10.0 Å². The summed E-state index contributed by atoms with van der Waals surface area (Å²) in [7, 11) is 1.71. The van der Waals surface area contributed by atoms with Crippen molar-refractivity contribution in [3.8, 4) is 6.07 Å². The first-order chi connectivity index (χ1) is 9.60. The number of carbonyl (C=O) groups is 1. The van der Waals surface area contributed by atoms with Crippen LogP contribution in [0.2, 0.25) is 0 Å². The summed E-state index contributed by atoms with van der Waals surface area (Å²) in [6.45, 7) is 0.491.